The van der Waals surface area contributed by atoms with Gasteiger partial charge in [-0.3, -0.25) is 4.79 Å². The van der Waals surface area contributed by atoms with E-state index >= 15 is 0 Å². The fraction of sp³-hybridized carbons (Fsp3) is 0.462. The van der Waals surface area contributed by atoms with Gasteiger partial charge in [-0.25, -0.2) is 4.98 Å². The number of carbonyl (C=O) groups is 1. The third-order valence-electron chi connectivity index (χ3n) is 11.0. The SMILES string of the molecule is CC(C)C(C(=O)/C=C(\O)C(C(C)C)C(C)C)C(C)C.Cc1c(-c2ccc3nc(CC(C)(C)C)sc3c2)sc2c(-c3[c-]c4ccccc4c(C(C)(C)C)c3)[c-]ccc12.[Ir]. The summed E-state index contributed by atoms with van der Waals surface area (Å²) in [5, 5.41) is 15.2. The summed E-state index contributed by atoms with van der Waals surface area (Å²) in [6.07, 6.45) is 2.48. The van der Waals surface area contributed by atoms with Crippen LogP contribution in [0, 0.1) is 60.0 Å². The first-order chi connectivity index (χ1) is 26.6. The minimum Gasteiger partial charge on any atom is -0.512 e. The normalized spacial score (nSPS) is 12.8. The van der Waals surface area contributed by atoms with Gasteiger partial charge in [0.1, 0.15) is 0 Å². The van der Waals surface area contributed by atoms with Crippen molar-refractivity contribution >= 4 is 59.5 Å². The molecule has 0 spiro atoms. The molecule has 58 heavy (non-hydrogen) atoms. The third-order valence-corrected chi connectivity index (χ3v) is 13.4. The monoisotopic (exact) mass is 992 g/mol. The summed E-state index contributed by atoms with van der Waals surface area (Å²) in [6, 6.07) is 29.3. The molecule has 0 aliphatic heterocycles. The minimum absolute atomic E-state index is 0. The van der Waals surface area contributed by atoms with E-state index in [1.165, 1.54) is 52.8 Å². The Hall–Kier alpha value is -3.15. The first-order valence-corrected chi connectivity index (χ1v) is 22.4. The largest absolute Gasteiger partial charge is 0.512 e. The Balaban J connectivity index is 0.000000319. The van der Waals surface area contributed by atoms with E-state index in [0.29, 0.717) is 23.7 Å². The zero-order valence-electron chi connectivity index (χ0n) is 37.5. The van der Waals surface area contributed by atoms with Crippen molar-refractivity contribution in [1.29, 1.82) is 0 Å². The van der Waals surface area contributed by atoms with E-state index in [9.17, 15) is 9.90 Å². The van der Waals surface area contributed by atoms with Gasteiger partial charge in [0.2, 0.25) is 0 Å². The van der Waals surface area contributed by atoms with E-state index in [1.54, 1.807) is 0 Å². The van der Waals surface area contributed by atoms with Crippen molar-refractivity contribution in [2.45, 2.75) is 116 Å². The second-order valence-electron chi connectivity index (χ2n) is 19.6. The number of hydrogen-bond acceptors (Lipinski definition) is 5. The van der Waals surface area contributed by atoms with Crippen LogP contribution in [0.25, 0.3) is 52.6 Å². The number of ketones is 1. The molecule has 0 fully saturated rings. The average Bonchev–Trinajstić information content (AvgIpc) is 3.65. The molecular formula is C52H65IrNO2S2-2. The predicted molar refractivity (Wildman–Crippen MR) is 250 cm³/mol. The van der Waals surface area contributed by atoms with Gasteiger partial charge >= 0.3 is 0 Å². The van der Waals surface area contributed by atoms with Crippen molar-refractivity contribution in [3.8, 4) is 21.6 Å². The van der Waals surface area contributed by atoms with E-state index in [0.717, 1.165) is 28.5 Å². The van der Waals surface area contributed by atoms with Crippen molar-refractivity contribution in [1.82, 2.24) is 4.98 Å². The summed E-state index contributed by atoms with van der Waals surface area (Å²) in [7, 11) is 0. The number of fused-ring (bicyclic) bond motifs is 3. The summed E-state index contributed by atoms with van der Waals surface area (Å²) in [6.45, 7) is 32.6. The molecule has 6 aromatic rings. The van der Waals surface area contributed by atoms with Gasteiger partial charge in [0, 0.05) is 49.3 Å². The fourth-order valence-electron chi connectivity index (χ4n) is 8.51. The van der Waals surface area contributed by atoms with Crippen LogP contribution in [0.3, 0.4) is 0 Å². The van der Waals surface area contributed by atoms with Crippen LogP contribution in [-0.2, 0) is 36.7 Å². The number of carbonyl (C=O) groups excluding carboxylic acids is 1. The number of rotatable bonds is 10. The van der Waals surface area contributed by atoms with E-state index in [-0.39, 0.29) is 54.3 Å². The molecule has 1 N–H and O–H groups in total. The van der Waals surface area contributed by atoms with Crippen LogP contribution in [0.2, 0.25) is 0 Å². The van der Waals surface area contributed by atoms with Crippen molar-refractivity contribution < 1.29 is 30.0 Å². The van der Waals surface area contributed by atoms with Crippen molar-refractivity contribution in [2.75, 3.05) is 0 Å². The average molecular weight is 992 g/mol. The fourth-order valence-corrected chi connectivity index (χ4v) is 11.1. The van der Waals surface area contributed by atoms with Gasteiger partial charge in [-0.05, 0) is 64.7 Å². The molecule has 0 aliphatic rings. The van der Waals surface area contributed by atoms with Gasteiger partial charge in [0.25, 0.3) is 0 Å². The Labute approximate surface area is 371 Å². The smallest absolute Gasteiger partial charge is 0.162 e. The molecule has 2 heterocycles. The molecular weight excluding hydrogens is 927 g/mol. The molecule has 0 saturated carbocycles. The zero-order chi connectivity index (χ0) is 42.1. The van der Waals surface area contributed by atoms with Gasteiger partial charge in [0.15, 0.2) is 5.78 Å². The molecule has 0 unspecified atom stereocenters. The Kier molecular flexibility index (Phi) is 15.6. The van der Waals surface area contributed by atoms with Gasteiger partial charge < -0.3 is 5.11 Å². The maximum atomic E-state index is 12.3. The summed E-state index contributed by atoms with van der Waals surface area (Å²) in [5.74, 6) is 1.63. The number of aryl methyl sites for hydroxylation is 1. The molecule has 1 radical (unpaired) electrons. The van der Waals surface area contributed by atoms with Crippen LogP contribution >= 0.6 is 22.7 Å². The Morgan fingerprint density at radius 3 is 2.02 bits per heavy atom. The van der Waals surface area contributed by atoms with Crippen LogP contribution in [-0.4, -0.2) is 15.9 Å². The maximum absolute atomic E-state index is 12.3. The molecule has 0 bridgehead atoms. The summed E-state index contributed by atoms with van der Waals surface area (Å²) >= 11 is 3.71. The molecule has 0 atom stereocenters. The predicted octanol–water partition coefficient (Wildman–Crippen LogP) is 15.6. The topological polar surface area (TPSA) is 50.2 Å². The molecule has 6 heteroatoms. The molecule has 313 valence electrons. The second-order valence-corrected chi connectivity index (χ2v) is 21.7. The van der Waals surface area contributed by atoms with Crippen LogP contribution in [0.5, 0.6) is 0 Å². The van der Waals surface area contributed by atoms with E-state index in [4.69, 9.17) is 4.98 Å². The van der Waals surface area contributed by atoms with Crippen LogP contribution < -0.4 is 0 Å². The Morgan fingerprint density at radius 1 is 0.810 bits per heavy atom. The molecule has 6 rings (SSSR count). The molecule has 0 amide bonds. The van der Waals surface area contributed by atoms with Crippen molar-refractivity contribution in [3.63, 3.8) is 0 Å². The van der Waals surface area contributed by atoms with Gasteiger partial charge in [-0.2, -0.15) is 46.7 Å². The second kappa shape index (κ2) is 19.1. The number of hydrogen-bond donors (Lipinski definition) is 1. The van der Waals surface area contributed by atoms with Crippen molar-refractivity contribution in [3.05, 3.63) is 101 Å². The number of aliphatic hydroxyl groups excluding tert-OH is 1. The first-order valence-electron chi connectivity index (χ1n) is 20.8. The Morgan fingerprint density at radius 2 is 1.43 bits per heavy atom. The molecule has 3 nitrogen and oxygen atoms in total. The Bertz CT molecular complexity index is 2360. The van der Waals surface area contributed by atoms with Gasteiger partial charge in [-0.1, -0.05) is 137 Å². The van der Waals surface area contributed by atoms with E-state index in [1.807, 2.05) is 22.7 Å². The number of thiazole rings is 1. The molecule has 0 aliphatic carbocycles. The van der Waals surface area contributed by atoms with Crippen molar-refractivity contribution in [2.24, 2.45) is 40.9 Å². The van der Waals surface area contributed by atoms with Crippen LogP contribution in [0.1, 0.15) is 113 Å². The van der Waals surface area contributed by atoms with Crippen LogP contribution in [0.4, 0.5) is 0 Å². The number of benzene rings is 4. The summed E-state index contributed by atoms with van der Waals surface area (Å²) in [5.41, 5.74) is 7.58. The summed E-state index contributed by atoms with van der Waals surface area (Å²) < 4.78 is 2.55. The number of allylic oxidation sites excluding steroid dienone is 2. The number of aromatic nitrogens is 1. The molecule has 4 aromatic carbocycles. The molecule has 2 aromatic heterocycles. The van der Waals surface area contributed by atoms with E-state index < -0.39 is 0 Å². The zero-order valence-corrected chi connectivity index (χ0v) is 41.5. The first kappa shape index (κ1) is 47.5. The number of nitrogens with zero attached hydrogens (tertiary/aromatic N) is 1. The van der Waals surface area contributed by atoms with Gasteiger partial charge in [0.05, 0.1) is 21.0 Å². The standard InChI is InChI=1S/C35H33NS2.C17H32O2.Ir/c1-21-25-13-10-14-27(24-17-22-11-8-9-12-26(22)28(18-24)35(5,6)7)33(25)38-32(21)23-15-16-29-30(19-23)37-31(36-29)20-34(2,3)4;1-10(2)16(11(3)4)14(18)9-15(19)17(12(5)6)13(7)8;/h8-13,15-16,18-19H,20H2,1-7H3;9-13,16-18H,1-8H3;/q-2;;/b;14-9-;. The molecule has 0 saturated heterocycles. The maximum Gasteiger partial charge on any atom is 0.162 e. The quantitative estimate of drug-likeness (QED) is 0.0845. The van der Waals surface area contributed by atoms with Crippen LogP contribution in [0.15, 0.2) is 72.5 Å². The summed E-state index contributed by atoms with van der Waals surface area (Å²) in [4.78, 5) is 18.6. The third kappa shape index (κ3) is 11.0. The number of aliphatic hydroxyl groups is 1. The minimum atomic E-state index is -0.0119. The van der Waals surface area contributed by atoms with Gasteiger partial charge in [-0.15, -0.1) is 34.4 Å². The number of thiophene rings is 1. The van der Waals surface area contributed by atoms with E-state index in [2.05, 4.69) is 177 Å².